The van der Waals surface area contributed by atoms with Gasteiger partial charge in [-0.05, 0) is 18.8 Å². The average Bonchev–Trinajstić information content (AvgIpc) is 2.67. The van der Waals surface area contributed by atoms with E-state index in [2.05, 4.69) is 21.5 Å². The third kappa shape index (κ3) is 2.13. The Morgan fingerprint density at radius 2 is 2.47 bits per heavy atom. The highest BCUT2D eigenvalue weighted by atomic mass is 16.2. The molecule has 1 N–H and O–H groups in total. The molecule has 1 aromatic rings. The number of hydrogen-bond donors (Lipinski definition) is 1. The highest BCUT2D eigenvalue weighted by Gasteiger charge is 2.48. The molecule has 0 aliphatic heterocycles. The molecule has 0 radical (unpaired) electrons. The lowest BCUT2D eigenvalue weighted by atomic mass is 9.63. The Bertz CT molecular complexity index is 466. The van der Waals surface area contributed by atoms with E-state index in [4.69, 9.17) is 5.26 Å². The van der Waals surface area contributed by atoms with E-state index in [0.29, 0.717) is 24.6 Å². The summed E-state index contributed by atoms with van der Waals surface area (Å²) in [4.78, 5) is 15.9. The van der Waals surface area contributed by atoms with Crippen molar-refractivity contribution in [2.45, 2.75) is 26.3 Å². The number of hydrogen-bond acceptors (Lipinski definition) is 4. The predicted molar refractivity (Wildman–Crippen MR) is 59.3 cm³/mol. The van der Waals surface area contributed by atoms with E-state index in [1.54, 1.807) is 18.1 Å². The minimum atomic E-state index is -0.825. The van der Waals surface area contributed by atoms with Gasteiger partial charge in [0.05, 0.1) is 12.6 Å². The van der Waals surface area contributed by atoms with Crippen molar-refractivity contribution >= 4 is 5.91 Å². The van der Waals surface area contributed by atoms with Crippen LogP contribution in [0.5, 0.6) is 0 Å². The third-order valence-electron chi connectivity index (χ3n) is 3.10. The molecule has 2 rings (SSSR count). The minimum absolute atomic E-state index is 0.203. The molecule has 1 aromatic heterocycles. The summed E-state index contributed by atoms with van der Waals surface area (Å²) in [5, 5.41) is 15.9. The van der Waals surface area contributed by atoms with Gasteiger partial charge in [0, 0.05) is 7.05 Å². The lowest BCUT2D eigenvalue weighted by Crippen LogP contribution is -2.48. The number of aromatic nitrogens is 3. The van der Waals surface area contributed by atoms with Gasteiger partial charge in [-0.15, -0.1) is 0 Å². The van der Waals surface area contributed by atoms with Gasteiger partial charge in [-0.3, -0.25) is 9.48 Å². The van der Waals surface area contributed by atoms with Crippen LogP contribution in [0, 0.1) is 22.7 Å². The van der Waals surface area contributed by atoms with Gasteiger partial charge in [-0.25, -0.2) is 4.98 Å². The molecule has 1 fully saturated rings. The van der Waals surface area contributed by atoms with Gasteiger partial charge in [0.15, 0.2) is 5.82 Å². The largest absolute Gasteiger partial charge is 0.347 e. The summed E-state index contributed by atoms with van der Waals surface area (Å²) in [5.41, 5.74) is -0.825. The number of carbonyl (C=O) groups is 1. The average molecular weight is 233 g/mol. The third-order valence-corrected chi connectivity index (χ3v) is 3.10. The molecule has 0 bridgehead atoms. The lowest BCUT2D eigenvalue weighted by Gasteiger charge is -2.39. The Morgan fingerprint density at radius 3 is 2.94 bits per heavy atom. The van der Waals surface area contributed by atoms with Gasteiger partial charge in [0.25, 0.3) is 0 Å². The zero-order valence-corrected chi connectivity index (χ0v) is 9.97. The van der Waals surface area contributed by atoms with Crippen LogP contribution in [0.25, 0.3) is 0 Å². The van der Waals surface area contributed by atoms with Gasteiger partial charge in [0.1, 0.15) is 11.7 Å². The summed E-state index contributed by atoms with van der Waals surface area (Å²) in [5.74, 6) is 0.806. The number of carbonyl (C=O) groups excluding carboxylic acids is 1. The van der Waals surface area contributed by atoms with Crippen molar-refractivity contribution in [3.8, 4) is 6.07 Å². The van der Waals surface area contributed by atoms with Crippen molar-refractivity contribution in [3.63, 3.8) is 0 Å². The number of nitriles is 1. The van der Waals surface area contributed by atoms with Gasteiger partial charge in [-0.1, -0.05) is 6.92 Å². The van der Waals surface area contributed by atoms with E-state index in [-0.39, 0.29) is 12.5 Å². The molecule has 0 atom stereocenters. The van der Waals surface area contributed by atoms with Crippen molar-refractivity contribution in [2.75, 3.05) is 0 Å². The topological polar surface area (TPSA) is 83.6 Å². The van der Waals surface area contributed by atoms with E-state index >= 15 is 0 Å². The van der Waals surface area contributed by atoms with Crippen LogP contribution in [0.15, 0.2) is 6.33 Å². The number of nitrogens with one attached hydrogen (secondary N) is 1. The maximum absolute atomic E-state index is 11.9. The summed E-state index contributed by atoms with van der Waals surface area (Å²) in [6.45, 7) is 2.32. The van der Waals surface area contributed by atoms with Crippen LogP contribution in [0.4, 0.5) is 0 Å². The van der Waals surface area contributed by atoms with Crippen molar-refractivity contribution in [3.05, 3.63) is 12.2 Å². The summed E-state index contributed by atoms with van der Waals surface area (Å²) in [7, 11) is 1.77. The molecule has 1 saturated carbocycles. The van der Waals surface area contributed by atoms with Gasteiger partial charge in [-0.2, -0.15) is 10.4 Å². The first-order valence-corrected chi connectivity index (χ1v) is 5.60. The summed E-state index contributed by atoms with van der Waals surface area (Å²) >= 11 is 0. The molecule has 1 aliphatic rings. The van der Waals surface area contributed by atoms with Crippen molar-refractivity contribution in [1.29, 1.82) is 5.26 Å². The van der Waals surface area contributed by atoms with Gasteiger partial charge < -0.3 is 5.32 Å². The van der Waals surface area contributed by atoms with Crippen molar-refractivity contribution in [2.24, 2.45) is 18.4 Å². The SMILES string of the molecule is CC1CC(C#N)(C(=O)NCc2ncn(C)n2)C1. The Hall–Kier alpha value is -1.90. The molecule has 90 valence electrons. The Balaban J connectivity index is 1.92. The summed E-state index contributed by atoms with van der Waals surface area (Å²) < 4.78 is 1.58. The van der Waals surface area contributed by atoms with Gasteiger partial charge in [0.2, 0.25) is 5.91 Å². The number of nitrogens with zero attached hydrogens (tertiary/aromatic N) is 4. The van der Waals surface area contributed by atoms with Crippen LogP contribution >= 0.6 is 0 Å². The second-order valence-corrected chi connectivity index (χ2v) is 4.72. The molecule has 0 aromatic carbocycles. The van der Waals surface area contributed by atoms with Crippen LogP contribution < -0.4 is 5.32 Å². The monoisotopic (exact) mass is 233 g/mol. The molecular weight excluding hydrogens is 218 g/mol. The number of aryl methyl sites for hydroxylation is 1. The second-order valence-electron chi connectivity index (χ2n) is 4.72. The Labute approximate surface area is 99.6 Å². The standard InChI is InChI=1S/C11H15N5O/c1-8-3-11(4-8,6-12)10(17)13-5-9-14-7-16(2)15-9/h7-8H,3-5H2,1-2H3,(H,13,17). The van der Waals surface area contributed by atoms with Crippen LogP contribution in [0.3, 0.4) is 0 Å². The van der Waals surface area contributed by atoms with Crippen molar-refractivity contribution < 1.29 is 4.79 Å². The quantitative estimate of drug-likeness (QED) is 0.817. The van der Waals surface area contributed by atoms with E-state index in [9.17, 15) is 4.79 Å². The number of amides is 1. The Morgan fingerprint density at radius 1 is 1.76 bits per heavy atom. The zero-order chi connectivity index (χ0) is 12.5. The highest BCUT2D eigenvalue weighted by molar-refractivity contribution is 5.86. The van der Waals surface area contributed by atoms with Crippen LogP contribution in [0.2, 0.25) is 0 Å². The number of rotatable bonds is 3. The first-order chi connectivity index (χ1) is 8.05. The van der Waals surface area contributed by atoms with Crippen LogP contribution in [-0.4, -0.2) is 20.7 Å². The minimum Gasteiger partial charge on any atom is -0.347 e. The molecule has 1 heterocycles. The highest BCUT2D eigenvalue weighted by Crippen LogP contribution is 2.45. The van der Waals surface area contributed by atoms with E-state index in [0.717, 1.165) is 0 Å². The lowest BCUT2D eigenvalue weighted by molar-refractivity contribution is -0.134. The Kier molecular flexibility index (Phi) is 2.84. The van der Waals surface area contributed by atoms with Gasteiger partial charge >= 0.3 is 0 Å². The molecule has 0 unspecified atom stereocenters. The van der Waals surface area contributed by atoms with Crippen LogP contribution in [-0.2, 0) is 18.4 Å². The molecule has 1 amide bonds. The molecule has 17 heavy (non-hydrogen) atoms. The fourth-order valence-corrected chi connectivity index (χ4v) is 2.25. The van der Waals surface area contributed by atoms with E-state index < -0.39 is 5.41 Å². The fourth-order valence-electron chi connectivity index (χ4n) is 2.25. The van der Waals surface area contributed by atoms with E-state index in [1.807, 2.05) is 6.92 Å². The molecule has 0 saturated heterocycles. The second kappa shape index (κ2) is 4.17. The molecule has 1 aliphatic carbocycles. The summed E-state index contributed by atoms with van der Waals surface area (Å²) in [6.07, 6.45) is 2.86. The maximum atomic E-state index is 11.9. The molecule has 6 nitrogen and oxygen atoms in total. The predicted octanol–water partition coefficient (Wildman–Crippen LogP) is 0.371. The maximum Gasteiger partial charge on any atom is 0.240 e. The van der Waals surface area contributed by atoms with E-state index in [1.165, 1.54) is 0 Å². The zero-order valence-electron chi connectivity index (χ0n) is 9.97. The smallest absolute Gasteiger partial charge is 0.240 e. The normalized spacial score (nSPS) is 27.0. The van der Waals surface area contributed by atoms with Crippen LogP contribution in [0.1, 0.15) is 25.6 Å². The van der Waals surface area contributed by atoms with Crippen molar-refractivity contribution in [1.82, 2.24) is 20.1 Å². The molecule has 0 spiro atoms. The summed E-state index contributed by atoms with van der Waals surface area (Å²) in [6, 6.07) is 2.13. The fraction of sp³-hybridized carbons (Fsp3) is 0.636. The first-order valence-electron chi connectivity index (χ1n) is 5.60. The molecular formula is C11H15N5O. The first kappa shape index (κ1) is 11.6. The molecule has 6 heteroatoms.